The second kappa shape index (κ2) is 16.2. The van der Waals surface area contributed by atoms with E-state index >= 15 is 0 Å². The van der Waals surface area contributed by atoms with Crippen molar-refractivity contribution in [2.45, 2.75) is 64.7 Å². The summed E-state index contributed by atoms with van der Waals surface area (Å²) in [7, 11) is 0. The third-order valence-electron chi connectivity index (χ3n) is 6.73. The molecule has 10 nitrogen and oxygen atoms in total. The predicted octanol–water partition coefficient (Wildman–Crippen LogP) is 5.31. The van der Waals surface area contributed by atoms with Crippen LogP contribution < -0.4 is 10.6 Å². The van der Waals surface area contributed by atoms with E-state index in [1.54, 1.807) is 13.0 Å². The van der Waals surface area contributed by atoms with E-state index in [9.17, 15) is 14.4 Å². The Bertz CT molecular complexity index is 1490. The third-order valence-corrected chi connectivity index (χ3v) is 7.63. The van der Waals surface area contributed by atoms with Crippen LogP contribution in [0.5, 0.6) is 0 Å². The first-order valence-electron chi connectivity index (χ1n) is 14.4. The Kier molecular flexibility index (Phi) is 11.8. The Morgan fingerprint density at radius 3 is 2.40 bits per heavy atom. The van der Waals surface area contributed by atoms with E-state index in [0.717, 1.165) is 53.1 Å². The Labute approximate surface area is 255 Å². The number of nitrogens with zero attached hydrogens (tertiary/aromatic N) is 4. The van der Waals surface area contributed by atoms with E-state index in [-0.39, 0.29) is 30.1 Å². The second-order valence-corrected chi connectivity index (χ2v) is 11.2. The molecule has 11 heteroatoms. The number of carbonyl (C=O) groups excluding carboxylic acids is 3. The summed E-state index contributed by atoms with van der Waals surface area (Å²) < 4.78 is 4.98. The smallest absolute Gasteiger partial charge is 0.306 e. The van der Waals surface area contributed by atoms with Crippen molar-refractivity contribution in [1.82, 2.24) is 20.4 Å². The van der Waals surface area contributed by atoms with Crippen molar-refractivity contribution in [2.75, 3.05) is 17.2 Å². The molecule has 2 amide bonds. The summed E-state index contributed by atoms with van der Waals surface area (Å²) in [6.07, 6.45) is 4.35. The fourth-order valence-corrected chi connectivity index (χ4v) is 5.19. The number of aromatic nitrogens is 4. The van der Waals surface area contributed by atoms with E-state index in [4.69, 9.17) is 4.74 Å². The lowest BCUT2D eigenvalue weighted by atomic mass is 10.0. The summed E-state index contributed by atoms with van der Waals surface area (Å²) in [5.74, 6) is -0.399. The first-order chi connectivity index (χ1) is 20.9. The molecule has 0 spiro atoms. The van der Waals surface area contributed by atoms with Crippen LogP contribution in [0.4, 0.5) is 10.9 Å². The molecule has 0 aliphatic carbocycles. The molecule has 1 atom stereocenters. The Morgan fingerprint density at radius 2 is 1.63 bits per heavy atom. The Morgan fingerprint density at radius 1 is 0.837 bits per heavy atom. The average molecular weight is 601 g/mol. The highest BCUT2D eigenvalue weighted by Crippen LogP contribution is 2.21. The monoisotopic (exact) mass is 600 g/mol. The maximum absolute atomic E-state index is 12.6. The van der Waals surface area contributed by atoms with Crippen LogP contribution in [-0.4, -0.2) is 44.8 Å². The van der Waals surface area contributed by atoms with Gasteiger partial charge in [0.05, 0.1) is 24.6 Å². The highest BCUT2D eigenvalue weighted by atomic mass is 32.1. The molecule has 2 N–H and O–H groups in total. The number of hydrogen-bond donors (Lipinski definition) is 2. The summed E-state index contributed by atoms with van der Waals surface area (Å²) in [6, 6.07) is 20.9. The molecule has 0 aliphatic heterocycles. The van der Waals surface area contributed by atoms with Crippen LogP contribution in [0.1, 0.15) is 66.4 Å². The number of nitrogens with one attached hydrogen (secondary N) is 2. The zero-order chi connectivity index (χ0) is 30.4. The van der Waals surface area contributed by atoms with Crippen LogP contribution in [0.25, 0.3) is 0 Å². The molecular formula is C32H36N6O4S. The molecular weight excluding hydrogens is 564 g/mol. The van der Waals surface area contributed by atoms with Gasteiger partial charge in [0, 0.05) is 12.8 Å². The number of anilines is 2. The second-order valence-electron chi connectivity index (χ2n) is 10.1. The SMILES string of the molecule is CCOC(=O)CCc1cccc(CC(=O)Nc2ccc(CCCCc3nnc(NC(=O)C(C)c4ccccc4)s3)nn2)c1. The number of rotatable bonds is 15. The van der Waals surface area contributed by atoms with Gasteiger partial charge < -0.3 is 15.4 Å². The Hall–Kier alpha value is -4.51. The summed E-state index contributed by atoms with van der Waals surface area (Å²) in [5.41, 5.74) is 3.63. The fourth-order valence-electron chi connectivity index (χ4n) is 4.40. The summed E-state index contributed by atoms with van der Waals surface area (Å²) >= 11 is 1.39. The van der Waals surface area contributed by atoms with E-state index in [1.165, 1.54) is 11.3 Å². The molecule has 0 saturated heterocycles. The first kappa shape index (κ1) is 31.4. The van der Waals surface area contributed by atoms with Gasteiger partial charge in [-0.2, -0.15) is 5.10 Å². The summed E-state index contributed by atoms with van der Waals surface area (Å²) in [6.45, 7) is 4.02. The molecule has 224 valence electrons. The number of carbonyl (C=O) groups is 3. The standard InChI is InChI=1S/C32H36N6O4S/c1-3-42-30(40)19-16-23-10-9-11-24(20-23)21-28(39)33-27-18-17-26(35-36-27)14-7-8-15-29-37-38-32(43-29)34-31(41)22(2)25-12-5-4-6-13-25/h4-6,9-13,17-18,20,22H,3,7-8,14-16,19,21H2,1-2H3,(H,33,36,39)(H,34,38,41). The van der Waals surface area contributed by atoms with E-state index in [2.05, 4.69) is 31.0 Å². The van der Waals surface area contributed by atoms with E-state index < -0.39 is 0 Å². The molecule has 4 aromatic rings. The number of ether oxygens (including phenoxy) is 1. The summed E-state index contributed by atoms with van der Waals surface area (Å²) in [5, 5.41) is 23.8. The van der Waals surface area contributed by atoms with E-state index in [0.29, 0.717) is 30.4 Å². The van der Waals surface area contributed by atoms with Crippen molar-refractivity contribution < 1.29 is 19.1 Å². The highest BCUT2D eigenvalue weighted by molar-refractivity contribution is 7.15. The Balaban J connectivity index is 1.15. The number of benzene rings is 2. The molecule has 0 saturated carbocycles. The van der Waals surface area contributed by atoms with Crippen molar-refractivity contribution in [3.8, 4) is 0 Å². The third kappa shape index (κ3) is 10.4. The van der Waals surface area contributed by atoms with Crippen LogP contribution in [0, 0.1) is 0 Å². The zero-order valence-corrected chi connectivity index (χ0v) is 25.2. The number of amides is 2. The first-order valence-corrected chi connectivity index (χ1v) is 15.3. The highest BCUT2D eigenvalue weighted by Gasteiger charge is 2.17. The number of esters is 1. The minimum atomic E-state index is -0.276. The van der Waals surface area contributed by atoms with Gasteiger partial charge >= 0.3 is 5.97 Å². The quantitative estimate of drug-likeness (QED) is 0.138. The molecule has 43 heavy (non-hydrogen) atoms. The van der Waals surface area contributed by atoms with Crippen LogP contribution in [0.15, 0.2) is 66.7 Å². The van der Waals surface area contributed by atoms with Gasteiger partial charge in [-0.3, -0.25) is 14.4 Å². The average Bonchev–Trinajstić information content (AvgIpc) is 3.46. The van der Waals surface area contributed by atoms with Gasteiger partial charge in [0.25, 0.3) is 0 Å². The van der Waals surface area contributed by atoms with Crippen molar-refractivity contribution in [2.24, 2.45) is 0 Å². The van der Waals surface area contributed by atoms with Gasteiger partial charge in [0.15, 0.2) is 5.82 Å². The van der Waals surface area contributed by atoms with Gasteiger partial charge in [-0.15, -0.1) is 15.3 Å². The number of aryl methyl sites for hydroxylation is 3. The maximum Gasteiger partial charge on any atom is 0.306 e. The van der Waals surface area contributed by atoms with Crippen molar-refractivity contribution in [1.29, 1.82) is 0 Å². The lowest BCUT2D eigenvalue weighted by molar-refractivity contribution is -0.143. The van der Waals surface area contributed by atoms with E-state index in [1.807, 2.05) is 67.6 Å². The molecule has 0 radical (unpaired) electrons. The van der Waals surface area contributed by atoms with Gasteiger partial charge in [-0.05, 0) is 68.4 Å². The lowest BCUT2D eigenvalue weighted by Crippen LogP contribution is -2.18. The molecule has 0 bridgehead atoms. The number of hydrogen-bond acceptors (Lipinski definition) is 9. The molecule has 0 fully saturated rings. The minimum Gasteiger partial charge on any atom is -0.466 e. The molecule has 1 unspecified atom stereocenters. The number of unbranched alkanes of at least 4 members (excludes halogenated alkanes) is 1. The normalized spacial score (nSPS) is 11.5. The van der Waals surface area contributed by atoms with Gasteiger partial charge in [-0.25, -0.2) is 0 Å². The zero-order valence-electron chi connectivity index (χ0n) is 24.4. The molecule has 2 aromatic carbocycles. The molecule has 2 aromatic heterocycles. The predicted molar refractivity (Wildman–Crippen MR) is 166 cm³/mol. The van der Waals surface area contributed by atoms with Crippen molar-refractivity contribution in [3.63, 3.8) is 0 Å². The van der Waals surface area contributed by atoms with Crippen LogP contribution in [0.2, 0.25) is 0 Å². The van der Waals surface area contributed by atoms with Crippen LogP contribution in [-0.2, 0) is 44.8 Å². The van der Waals surface area contributed by atoms with Gasteiger partial charge in [0.1, 0.15) is 5.01 Å². The largest absolute Gasteiger partial charge is 0.466 e. The topological polar surface area (TPSA) is 136 Å². The summed E-state index contributed by atoms with van der Waals surface area (Å²) in [4.78, 5) is 36.7. The minimum absolute atomic E-state index is 0.107. The fraction of sp³-hybridized carbons (Fsp3) is 0.344. The molecule has 2 heterocycles. The van der Waals surface area contributed by atoms with Crippen molar-refractivity contribution in [3.05, 3.63) is 94.1 Å². The molecule has 0 aliphatic rings. The molecule has 4 rings (SSSR count). The lowest BCUT2D eigenvalue weighted by Gasteiger charge is -2.10. The van der Waals surface area contributed by atoms with Crippen LogP contribution >= 0.6 is 11.3 Å². The van der Waals surface area contributed by atoms with Crippen LogP contribution in [0.3, 0.4) is 0 Å². The maximum atomic E-state index is 12.6. The van der Waals surface area contributed by atoms with Crippen molar-refractivity contribution >= 4 is 40.1 Å². The van der Waals surface area contributed by atoms with Gasteiger partial charge in [-0.1, -0.05) is 65.9 Å². The van der Waals surface area contributed by atoms with Gasteiger partial charge in [0.2, 0.25) is 16.9 Å².